The van der Waals surface area contributed by atoms with Crippen molar-refractivity contribution in [3.05, 3.63) is 65.7 Å². The first kappa shape index (κ1) is 22.1. The van der Waals surface area contributed by atoms with E-state index in [0.29, 0.717) is 6.42 Å². The molecule has 1 atom stereocenters. The van der Waals surface area contributed by atoms with Crippen LogP contribution >= 0.6 is 0 Å². The number of carbonyl (C=O) groups excluding carboxylic acids is 2. The molecule has 0 heterocycles. The molecule has 1 aliphatic rings. The van der Waals surface area contributed by atoms with Gasteiger partial charge < -0.3 is 10.6 Å². The predicted octanol–water partition coefficient (Wildman–Crippen LogP) is 5.23. The van der Waals surface area contributed by atoms with E-state index >= 15 is 0 Å². The van der Waals surface area contributed by atoms with Crippen LogP contribution < -0.4 is 10.6 Å². The zero-order valence-electron chi connectivity index (χ0n) is 18.4. The van der Waals surface area contributed by atoms with Gasteiger partial charge in [0.1, 0.15) is 6.04 Å². The maximum Gasteiger partial charge on any atom is 0.247 e. The van der Waals surface area contributed by atoms with E-state index < -0.39 is 6.04 Å². The lowest BCUT2D eigenvalue weighted by atomic mass is 9.87. The number of rotatable bonds is 6. The van der Waals surface area contributed by atoms with E-state index in [1.165, 1.54) is 12.0 Å². The number of hydrogen-bond acceptors (Lipinski definition) is 2. The molecule has 2 amide bonds. The van der Waals surface area contributed by atoms with E-state index in [-0.39, 0.29) is 23.1 Å². The van der Waals surface area contributed by atoms with Gasteiger partial charge in [0.25, 0.3) is 0 Å². The Bertz CT molecular complexity index is 832. The first-order valence-electron chi connectivity index (χ1n) is 11.1. The lowest BCUT2D eigenvalue weighted by Gasteiger charge is -2.25. The first-order valence-corrected chi connectivity index (χ1v) is 11.1. The molecule has 4 nitrogen and oxygen atoms in total. The fraction of sp³-hybridized carbons (Fsp3) is 0.462. The summed E-state index contributed by atoms with van der Waals surface area (Å²) < 4.78 is 0. The molecule has 0 saturated heterocycles. The van der Waals surface area contributed by atoms with Gasteiger partial charge >= 0.3 is 0 Å². The van der Waals surface area contributed by atoms with E-state index in [9.17, 15) is 9.59 Å². The average molecular weight is 407 g/mol. The predicted molar refractivity (Wildman–Crippen MR) is 122 cm³/mol. The molecule has 1 saturated carbocycles. The minimum Gasteiger partial charge on any atom is -0.344 e. The molecule has 0 aromatic heterocycles. The molecule has 1 fully saturated rings. The lowest BCUT2D eigenvalue weighted by molar-refractivity contribution is -0.130. The maximum absolute atomic E-state index is 13.1. The summed E-state index contributed by atoms with van der Waals surface area (Å²) >= 11 is 0. The van der Waals surface area contributed by atoms with Crippen LogP contribution in [-0.4, -0.2) is 17.9 Å². The fourth-order valence-electron chi connectivity index (χ4n) is 4.00. The van der Waals surface area contributed by atoms with Crippen molar-refractivity contribution in [1.82, 2.24) is 5.32 Å². The average Bonchev–Trinajstić information content (AvgIpc) is 2.74. The van der Waals surface area contributed by atoms with E-state index in [2.05, 4.69) is 31.4 Å². The number of anilines is 1. The Morgan fingerprint density at radius 1 is 0.933 bits per heavy atom. The Hall–Kier alpha value is -2.62. The first-order chi connectivity index (χ1) is 14.3. The van der Waals surface area contributed by atoms with Crippen molar-refractivity contribution in [1.29, 1.82) is 0 Å². The van der Waals surface area contributed by atoms with E-state index in [4.69, 9.17) is 0 Å². The van der Waals surface area contributed by atoms with Gasteiger partial charge in [-0.15, -0.1) is 0 Å². The number of hydrogen-bond donors (Lipinski definition) is 2. The molecule has 3 rings (SSSR count). The highest BCUT2D eigenvalue weighted by Gasteiger charge is 2.27. The molecule has 1 aliphatic carbocycles. The molecule has 4 heteroatoms. The van der Waals surface area contributed by atoms with Crippen molar-refractivity contribution in [2.24, 2.45) is 5.92 Å². The van der Waals surface area contributed by atoms with Crippen molar-refractivity contribution in [2.75, 3.05) is 5.32 Å². The SMILES string of the molecule is CC(C)(C)c1ccc(NC(=O)C(Cc2ccccc2)NC(=O)C2CCCCC2)cc1. The molecule has 0 bridgehead atoms. The molecule has 2 aromatic rings. The molecule has 2 aromatic carbocycles. The van der Waals surface area contributed by atoms with Gasteiger partial charge in [-0.25, -0.2) is 0 Å². The van der Waals surface area contributed by atoms with Crippen LogP contribution in [-0.2, 0) is 21.4 Å². The third-order valence-electron chi connectivity index (χ3n) is 5.91. The largest absolute Gasteiger partial charge is 0.344 e. The summed E-state index contributed by atoms with van der Waals surface area (Å²) in [6, 6.07) is 17.2. The zero-order chi connectivity index (χ0) is 21.6. The summed E-state index contributed by atoms with van der Waals surface area (Å²) in [7, 11) is 0. The van der Waals surface area contributed by atoms with Crippen LogP contribution in [0.15, 0.2) is 54.6 Å². The Kier molecular flexibility index (Phi) is 7.30. The third kappa shape index (κ3) is 6.19. The molecular weight excluding hydrogens is 372 g/mol. The normalized spacial score (nSPS) is 16.0. The second-order valence-corrected chi connectivity index (χ2v) is 9.40. The molecule has 0 radical (unpaired) electrons. The van der Waals surface area contributed by atoms with Crippen molar-refractivity contribution in [2.45, 2.75) is 70.8 Å². The summed E-state index contributed by atoms with van der Waals surface area (Å²) in [6.07, 6.45) is 5.69. The van der Waals surface area contributed by atoms with Crippen LogP contribution in [0, 0.1) is 5.92 Å². The molecule has 0 aliphatic heterocycles. The van der Waals surface area contributed by atoms with E-state index in [1.807, 2.05) is 54.6 Å². The second-order valence-electron chi connectivity index (χ2n) is 9.40. The van der Waals surface area contributed by atoms with Gasteiger partial charge in [-0.2, -0.15) is 0 Å². The molecular formula is C26H34N2O2. The number of carbonyl (C=O) groups is 2. The summed E-state index contributed by atoms with van der Waals surface area (Å²) in [6.45, 7) is 6.49. The minimum atomic E-state index is -0.593. The van der Waals surface area contributed by atoms with Gasteiger partial charge in [0.05, 0.1) is 0 Å². The molecule has 30 heavy (non-hydrogen) atoms. The Labute approximate surface area is 180 Å². The molecule has 160 valence electrons. The van der Waals surface area contributed by atoms with Crippen LogP contribution in [0.2, 0.25) is 0 Å². The quantitative estimate of drug-likeness (QED) is 0.690. The zero-order valence-corrected chi connectivity index (χ0v) is 18.4. The van der Waals surface area contributed by atoms with Crippen LogP contribution in [0.25, 0.3) is 0 Å². The Morgan fingerprint density at radius 3 is 2.17 bits per heavy atom. The van der Waals surface area contributed by atoms with Crippen LogP contribution in [0.4, 0.5) is 5.69 Å². The van der Waals surface area contributed by atoms with Crippen molar-refractivity contribution in [3.8, 4) is 0 Å². The van der Waals surface area contributed by atoms with Gasteiger partial charge in [-0.05, 0) is 41.5 Å². The highest BCUT2D eigenvalue weighted by Crippen LogP contribution is 2.25. The van der Waals surface area contributed by atoms with Gasteiger partial charge in [-0.3, -0.25) is 9.59 Å². The summed E-state index contributed by atoms with van der Waals surface area (Å²) in [5.41, 5.74) is 3.06. The highest BCUT2D eigenvalue weighted by molar-refractivity contribution is 5.97. The number of benzene rings is 2. The van der Waals surface area contributed by atoms with Crippen molar-refractivity contribution >= 4 is 17.5 Å². The minimum absolute atomic E-state index is 0.00821. The van der Waals surface area contributed by atoms with Crippen LogP contribution in [0.5, 0.6) is 0 Å². The highest BCUT2D eigenvalue weighted by atomic mass is 16.2. The number of nitrogens with one attached hydrogen (secondary N) is 2. The Balaban J connectivity index is 1.71. The third-order valence-corrected chi connectivity index (χ3v) is 5.91. The van der Waals surface area contributed by atoms with Crippen LogP contribution in [0.1, 0.15) is 64.0 Å². The van der Waals surface area contributed by atoms with E-state index in [0.717, 1.165) is 36.9 Å². The van der Waals surface area contributed by atoms with Gasteiger partial charge in [0.2, 0.25) is 11.8 Å². The summed E-state index contributed by atoms with van der Waals surface area (Å²) in [4.78, 5) is 25.9. The fourth-order valence-corrected chi connectivity index (χ4v) is 4.00. The van der Waals surface area contributed by atoms with Gasteiger partial charge in [0, 0.05) is 18.0 Å². The lowest BCUT2D eigenvalue weighted by Crippen LogP contribution is -2.47. The summed E-state index contributed by atoms with van der Waals surface area (Å²) in [5, 5.41) is 6.04. The topological polar surface area (TPSA) is 58.2 Å². The maximum atomic E-state index is 13.1. The molecule has 2 N–H and O–H groups in total. The van der Waals surface area contributed by atoms with Gasteiger partial charge in [0.15, 0.2) is 0 Å². The van der Waals surface area contributed by atoms with Crippen LogP contribution in [0.3, 0.4) is 0 Å². The number of amides is 2. The van der Waals surface area contributed by atoms with E-state index in [1.54, 1.807) is 0 Å². The second kappa shape index (κ2) is 9.92. The van der Waals surface area contributed by atoms with Gasteiger partial charge in [-0.1, -0.05) is 82.5 Å². The summed E-state index contributed by atoms with van der Waals surface area (Å²) in [5.74, 6) is -0.142. The van der Waals surface area contributed by atoms with Crippen molar-refractivity contribution in [3.63, 3.8) is 0 Å². The molecule has 1 unspecified atom stereocenters. The molecule has 0 spiro atoms. The van der Waals surface area contributed by atoms with Crippen molar-refractivity contribution < 1.29 is 9.59 Å². The standard InChI is InChI=1S/C26H34N2O2/c1-26(2,3)21-14-16-22(17-15-21)27-25(30)23(18-19-10-6-4-7-11-19)28-24(29)20-12-8-5-9-13-20/h4,6-7,10-11,14-17,20,23H,5,8-9,12-13,18H2,1-3H3,(H,27,30)(H,28,29). The monoisotopic (exact) mass is 406 g/mol. The smallest absolute Gasteiger partial charge is 0.247 e. The Morgan fingerprint density at radius 2 is 1.57 bits per heavy atom.